The van der Waals surface area contributed by atoms with E-state index in [1.165, 1.54) is 32.1 Å². The van der Waals surface area contributed by atoms with Gasteiger partial charge in [0, 0.05) is 5.88 Å². The van der Waals surface area contributed by atoms with Crippen LogP contribution in [0.3, 0.4) is 0 Å². The van der Waals surface area contributed by atoms with Gasteiger partial charge in [-0.3, -0.25) is 0 Å². The topological polar surface area (TPSA) is 20.2 Å². The van der Waals surface area contributed by atoms with Gasteiger partial charge in [-0.2, -0.15) is 0 Å². The molecule has 0 saturated heterocycles. The van der Waals surface area contributed by atoms with Crippen LogP contribution in [0, 0.1) is 0 Å². The van der Waals surface area contributed by atoms with Crippen LogP contribution < -0.4 is 0 Å². The first kappa shape index (κ1) is 12.2. The van der Waals surface area contributed by atoms with Crippen LogP contribution in [0.2, 0.25) is 0 Å². The number of aliphatic hydroxyl groups is 1. The third-order valence-corrected chi connectivity index (χ3v) is 2.27. The molecule has 1 nitrogen and oxygen atoms in total. The van der Waals surface area contributed by atoms with E-state index in [0.717, 1.165) is 18.7 Å². The maximum atomic E-state index is 8.98. The Bertz CT molecular complexity index is 83.9. The molecule has 0 heterocycles. The van der Waals surface area contributed by atoms with Gasteiger partial charge in [-0.1, -0.05) is 32.1 Å². The number of halogens is 1. The van der Waals surface area contributed by atoms with E-state index in [9.17, 15) is 0 Å². The Kier molecular flexibility index (Phi) is 9.53. The van der Waals surface area contributed by atoms with E-state index >= 15 is 0 Å². The van der Waals surface area contributed by atoms with Crippen LogP contribution in [0.15, 0.2) is 0 Å². The molecule has 0 aliphatic rings. The lowest BCUT2D eigenvalue weighted by atomic mass is 10.1. The van der Waals surface area contributed by atoms with Crippen LogP contribution in [0.25, 0.3) is 0 Å². The highest BCUT2D eigenvalue weighted by molar-refractivity contribution is 6.17. The predicted molar refractivity (Wildman–Crippen MR) is 54.7 cm³/mol. The molecule has 0 saturated carbocycles. The zero-order chi connectivity index (χ0) is 9.23. The Morgan fingerprint density at radius 2 is 1.50 bits per heavy atom. The molecule has 0 amide bonds. The molecule has 74 valence electrons. The number of unbranched alkanes of at least 4 members (excludes halogenated alkanes) is 5. The van der Waals surface area contributed by atoms with Crippen LogP contribution in [0.4, 0.5) is 0 Å². The third kappa shape index (κ3) is 10.2. The number of aliphatic hydroxyl groups excluding tert-OH is 1. The molecule has 2 heteroatoms. The summed E-state index contributed by atoms with van der Waals surface area (Å²) in [5.41, 5.74) is 0. The van der Waals surface area contributed by atoms with Crippen molar-refractivity contribution in [3.05, 3.63) is 0 Å². The number of alkyl halides is 1. The summed E-state index contributed by atoms with van der Waals surface area (Å²) in [6.45, 7) is 1.85. The Morgan fingerprint density at radius 3 is 2.00 bits per heavy atom. The van der Waals surface area contributed by atoms with Gasteiger partial charge >= 0.3 is 0 Å². The second-order valence-corrected chi connectivity index (χ2v) is 3.83. The Balaban J connectivity index is 2.82. The van der Waals surface area contributed by atoms with E-state index in [1.807, 2.05) is 6.92 Å². The van der Waals surface area contributed by atoms with E-state index in [1.54, 1.807) is 0 Å². The predicted octanol–water partition coefficient (Wildman–Crippen LogP) is 3.34. The van der Waals surface area contributed by atoms with Gasteiger partial charge < -0.3 is 5.11 Å². The van der Waals surface area contributed by atoms with E-state index in [2.05, 4.69) is 0 Å². The zero-order valence-corrected chi connectivity index (χ0v) is 8.82. The van der Waals surface area contributed by atoms with Gasteiger partial charge in [-0.05, 0) is 19.8 Å². The molecular weight excluding hydrogens is 172 g/mol. The fourth-order valence-electron chi connectivity index (χ4n) is 1.24. The molecule has 0 bridgehead atoms. The summed E-state index contributed by atoms with van der Waals surface area (Å²) < 4.78 is 0. The summed E-state index contributed by atoms with van der Waals surface area (Å²) in [6.07, 6.45) is 8.26. The van der Waals surface area contributed by atoms with E-state index in [4.69, 9.17) is 16.7 Å². The molecule has 0 spiro atoms. The Hall–Kier alpha value is 0.250. The van der Waals surface area contributed by atoms with Crippen molar-refractivity contribution in [2.45, 2.75) is 58.0 Å². The van der Waals surface area contributed by atoms with Gasteiger partial charge in [0.1, 0.15) is 0 Å². The highest BCUT2D eigenvalue weighted by Gasteiger charge is 1.95. The summed E-state index contributed by atoms with van der Waals surface area (Å²) in [5.74, 6) is 0.799. The molecule has 1 atom stereocenters. The molecule has 0 aromatic carbocycles. The summed E-state index contributed by atoms with van der Waals surface area (Å²) in [7, 11) is 0. The molecule has 1 N–H and O–H groups in total. The molecule has 0 aromatic rings. The van der Waals surface area contributed by atoms with Crippen molar-refractivity contribution in [3.63, 3.8) is 0 Å². The van der Waals surface area contributed by atoms with Crippen LogP contribution in [0.1, 0.15) is 51.9 Å². The van der Waals surface area contributed by atoms with Gasteiger partial charge in [-0.15, -0.1) is 11.6 Å². The maximum Gasteiger partial charge on any atom is 0.0512 e. The van der Waals surface area contributed by atoms with Crippen molar-refractivity contribution in [3.8, 4) is 0 Å². The largest absolute Gasteiger partial charge is 0.393 e. The normalized spacial score (nSPS) is 13.2. The highest BCUT2D eigenvalue weighted by atomic mass is 35.5. The molecule has 0 aliphatic heterocycles. The minimum absolute atomic E-state index is 0.118. The Morgan fingerprint density at radius 1 is 1.00 bits per heavy atom. The molecule has 12 heavy (non-hydrogen) atoms. The van der Waals surface area contributed by atoms with Crippen LogP contribution in [-0.2, 0) is 0 Å². The van der Waals surface area contributed by atoms with Gasteiger partial charge in [0.25, 0.3) is 0 Å². The van der Waals surface area contributed by atoms with Crippen molar-refractivity contribution in [1.29, 1.82) is 0 Å². The fourth-order valence-corrected chi connectivity index (χ4v) is 1.43. The standard InChI is InChI=1S/C10H21ClO/c1-10(12)8-6-4-2-3-5-7-9-11/h10,12H,2-9H2,1H3/t10-/m0/s1. The van der Waals surface area contributed by atoms with E-state index in [0.29, 0.717) is 0 Å². The van der Waals surface area contributed by atoms with Crippen LogP contribution >= 0.6 is 11.6 Å². The average molecular weight is 193 g/mol. The first-order chi connectivity index (χ1) is 5.77. The van der Waals surface area contributed by atoms with Gasteiger partial charge in [0.15, 0.2) is 0 Å². The average Bonchev–Trinajstić information content (AvgIpc) is 2.02. The van der Waals surface area contributed by atoms with Gasteiger partial charge in [0.05, 0.1) is 6.10 Å². The van der Waals surface area contributed by atoms with E-state index < -0.39 is 0 Å². The number of rotatable bonds is 8. The lowest BCUT2D eigenvalue weighted by Gasteiger charge is -2.03. The maximum absolute atomic E-state index is 8.98. The molecular formula is C10H21ClO. The van der Waals surface area contributed by atoms with Crippen LogP contribution in [-0.4, -0.2) is 17.1 Å². The molecule has 0 radical (unpaired) electrons. The second-order valence-electron chi connectivity index (χ2n) is 3.45. The minimum Gasteiger partial charge on any atom is -0.393 e. The number of hydrogen-bond donors (Lipinski definition) is 1. The smallest absolute Gasteiger partial charge is 0.0512 e. The summed E-state index contributed by atoms with van der Waals surface area (Å²) in [4.78, 5) is 0. The summed E-state index contributed by atoms with van der Waals surface area (Å²) >= 11 is 5.55. The van der Waals surface area contributed by atoms with Gasteiger partial charge in [0.2, 0.25) is 0 Å². The lowest BCUT2D eigenvalue weighted by molar-refractivity contribution is 0.180. The van der Waals surface area contributed by atoms with Crippen molar-refractivity contribution < 1.29 is 5.11 Å². The first-order valence-corrected chi connectivity index (χ1v) is 5.55. The third-order valence-electron chi connectivity index (χ3n) is 2.01. The summed E-state index contributed by atoms with van der Waals surface area (Å²) in [5, 5.41) is 8.98. The molecule has 0 aromatic heterocycles. The fraction of sp³-hybridized carbons (Fsp3) is 1.00. The second kappa shape index (κ2) is 9.34. The van der Waals surface area contributed by atoms with Crippen molar-refractivity contribution in [1.82, 2.24) is 0 Å². The SMILES string of the molecule is C[C@H](O)CCCCCCCCCl. The summed E-state index contributed by atoms with van der Waals surface area (Å²) in [6, 6.07) is 0. The molecule has 0 fully saturated rings. The lowest BCUT2D eigenvalue weighted by Crippen LogP contribution is -1.98. The monoisotopic (exact) mass is 192 g/mol. The minimum atomic E-state index is -0.118. The zero-order valence-electron chi connectivity index (χ0n) is 8.06. The van der Waals surface area contributed by atoms with E-state index in [-0.39, 0.29) is 6.10 Å². The highest BCUT2D eigenvalue weighted by Crippen LogP contribution is 2.08. The van der Waals surface area contributed by atoms with Crippen molar-refractivity contribution in [2.24, 2.45) is 0 Å². The molecule has 0 unspecified atom stereocenters. The quantitative estimate of drug-likeness (QED) is 0.462. The molecule has 0 aliphatic carbocycles. The first-order valence-electron chi connectivity index (χ1n) is 5.01. The Labute approximate surface area is 81.1 Å². The van der Waals surface area contributed by atoms with Crippen molar-refractivity contribution in [2.75, 3.05) is 5.88 Å². The van der Waals surface area contributed by atoms with Crippen LogP contribution in [0.5, 0.6) is 0 Å². The van der Waals surface area contributed by atoms with Gasteiger partial charge in [-0.25, -0.2) is 0 Å². The number of hydrogen-bond acceptors (Lipinski definition) is 1. The molecule has 0 rings (SSSR count). The van der Waals surface area contributed by atoms with Crippen molar-refractivity contribution >= 4 is 11.6 Å².